The summed E-state index contributed by atoms with van der Waals surface area (Å²) in [5.41, 5.74) is 17.3. The Kier molecular flexibility index (Phi) is 7.85. The van der Waals surface area contributed by atoms with Gasteiger partial charge in [0.2, 0.25) is 0 Å². The van der Waals surface area contributed by atoms with Crippen LogP contribution in [0.3, 0.4) is 0 Å². The summed E-state index contributed by atoms with van der Waals surface area (Å²) >= 11 is 0. The normalized spacial score (nSPS) is 11.8. The van der Waals surface area contributed by atoms with Crippen molar-refractivity contribution in [1.82, 2.24) is 39.9 Å². The summed E-state index contributed by atoms with van der Waals surface area (Å²) < 4.78 is 0. The number of fused-ring (bicyclic) bond motifs is 4. The second kappa shape index (κ2) is 13.5. The molecule has 10 heteroatoms. The number of nitrogens with one attached hydrogen (secondary N) is 4. The lowest BCUT2D eigenvalue weighted by Gasteiger charge is -2.01. The van der Waals surface area contributed by atoms with E-state index in [1.165, 1.54) is 0 Å². The van der Waals surface area contributed by atoms with E-state index in [2.05, 4.69) is 117 Å². The molecule has 4 aromatic heterocycles. The fourth-order valence-electron chi connectivity index (χ4n) is 7.61. The van der Waals surface area contributed by atoms with Gasteiger partial charge in [-0.05, 0) is 81.9 Å². The lowest BCUT2D eigenvalue weighted by molar-refractivity contribution is 0.281. The lowest BCUT2D eigenvalue weighted by Crippen LogP contribution is -1.84. The molecule has 11 aromatic rings. The molecule has 0 saturated carbocycles. The predicted octanol–water partition coefficient (Wildman–Crippen LogP) is 10.2. The van der Waals surface area contributed by atoms with Crippen molar-refractivity contribution in [3.8, 4) is 67.8 Å². The Hall–Kier alpha value is -7.66. The molecule has 0 aliphatic carbocycles. The van der Waals surface area contributed by atoms with E-state index < -0.39 is 0 Å². The third kappa shape index (κ3) is 6.00. The summed E-state index contributed by atoms with van der Waals surface area (Å²) in [6.45, 7) is 0.0351. The van der Waals surface area contributed by atoms with Crippen LogP contribution in [0.2, 0.25) is 0 Å². The van der Waals surface area contributed by atoms with Crippen molar-refractivity contribution < 1.29 is 10.2 Å². The van der Waals surface area contributed by atoms with Crippen molar-refractivity contribution in [2.75, 3.05) is 0 Å². The molecule has 0 fully saturated rings. The Morgan fingerprint density at radius 3 is 0.759 bits per heavy atom. The molecule has 0 bridgehead atoms. The zero-order valence-electron chi connectivity index (χ0n) is 31.0. The Morgan fingerprint density at radius 1 is 0.293 bits per heavy atom. The van der Waals surface area contributed by atoms with E-state index >= 15 is 0 Å². The maximum absolute atomic E-state index is 9.39. The zero-order chi connectivity index (χ0) is 38.7. The van der Waals surface area contributed by atoms with Crippen LogP contribution >= 0.6 is 0 Å². The molecule has 11 rings (SSSR count). The van der Waals surface area contributed by atoms with Gasteiger partial charge in [-0.1, -0.05) is 97.1 Å². The van der Waals surface area contributed by atoms with Crippen LogP contribution in [0.15, 0.2) is 146 Å². The van der Waals surface area contributed by atoms with E-state index in [0.717, 1.165) is 123 Å². The largest absolute Gasteiger partial charge is 0.392 e. The van der Waals surface area contributed by atoms with Crippen LogP contribution in [0, 0.1) is 0 Å². The molecule has 0 atom stereocenters. The van der Waals surface area contributed by atoms with Crippen molar-refractivity contribution in [3.63, 3.8) is 0 Å². The van der Waals surface area contributed by atoms with Crippen molar-refractivity contribution in [2.24, 2.45) is 0 Å². The predicted molar refractivity (Wildman–Crippen MR) is 230 cm³/mol. The highest BCUT2D eigenvalue weighted by atomic mass is 16.3. The van der Waals surface area contributed by atoms with Gasteiger partial charge in [-0.15, -0.1) is 0 Å². The summed E-state index contributed by atoms with van der Waals surface area (Å²) in [6, 6.07) is 48.9. The highest BCUT2D eigenvalue weighted by Gasteiger charge is 2.13. The molecule has 6 N–H and O–H groups in total. The number of nitrogens with zero attached hydrogens (tertiary/aromatic N) is 4. The van der Waals surface area contributed by atoms with Gasteiger partial charge in [-0.25, -0.2) is 19.9 Å². The number of hydrogen-bond donors (Lipinski definition) is 6. The van der Waals surface area contributed by atoms with Crippen molar-refractivity contribution in [2.45, 2.75) is 13.2 Å². The van der Waals surface area contributed by atoms with E-state index in [1.54, 1.807) is 0 Å². The third-order valence-corrected chi connectivity index (χ3v) is 10.9. The molecule has 278 valence electrons. The molecule has 0 amide bonds. The van der Waals surface area contributed by atoms with Gasteiger partial charge in [0, 0.05) is 22.3 Å². The standard InChI is InChI=1S/C48H34N8O2/c57-25-27-1-5-29(6-2-27)45-49-37-17-13-33(21-41(37)53-45)35-15-19-39-43(23-35)55-47(51-39)31-9-11-32(12-10-31)48-52-40-20-16-36(24-44(40)56-48)34-14-18-38-42(22-34)54-46(50-38)30-7-3-28(26-58)4-8-30/h1-24,57-58H,25-26H2,(H,49,53)(H,50,54)(H,51,55)(H,52,56). The molecular weight excluding hydrogens is 721 g/mol. The van der Waals surface area contributed by atoms with Gasteiger partial charge < -0.3 is 30.1 Å². The monoisotopic (exact) mass is 754 g/mol. The number of hydrogen-bond acceptors (Lipinski definition) is 6. The van der Waals surface area contributed by atoms with Crippen molar-refractivity contribution in [3.05, 3.63) is 157 Å². The Balaban J connectivity index is 0.821. The van der Waals surface area contributed by atoms with Crippen molar-refractivity contribution >= 4 is 44.1 Å². The minimum atomic E-state index is 0.0175. The van der Waals surface area contributed by atoms with Gasteiger partial charge in [0.1, 0.15) is 23.3 Å². The SMILES string of the molecule is OCc1ccc(-c2nc3cc(-c4ccc5[nH]c(-c6ccc(-c7nc8cc(-c9ccc%10[nH]c(-c%11ccc(CO)cc%11)nc%10c9)ccc8[nH]7)cc6)nc5c4)ccc3[nH]2)cc1. The topological polar surface area (TPSA) is 155 Å². The van der Waals surface area contributed by atoms with Crippen LogP contribution in [0.25, 0.3) is 112 Å². The molecule has 0 spiro atoms. The molecule has 0 radical (unpaired) electrons. The van der Waals surface area contributed by atoms with E-state index in [1.807, 2.05) is 48.5 Å². The van der Waals surface area contributed by atoms with Crippen LogP contribution in [0.1, 0.15) is 11.1 Å². The number of aromatic amines is 4. The molecule has 0 saturated heterocycles. The number of benzene rings is 7. The van der Waals surface area contributed by atoms with Gasteiger partial charge in [0.15, 0.2) is 0 Å². The Morgan fingerprint density at radius 2 is 0.517 bits per heavy atom. The first kappa shape index (κ1) is 33.7. The second-order valence-corrected chi connectivity index (χ2v) is 14.6. The first-order chi connectivity index (χ1) is 28.5. The number of aromatic nitrogens is 8. The van der Waals surface area contributed by atoms with E-state index in [-0.39, 0.29) is 13.2 Å². The fourth-order valence-corrected chi connectivity index (χ4v) is 7.61. The minimum Gasteiger partial charge on any atom is -0.392 e. The van der Waals surface area contributed by atoms with E-state index in [0.29, 0.717) is 0 Å². The Labute approximate surface area is 331 Å². The fraction of sp³-hybridized carbons (Fsp3) is 0.0417. The quantitative estimate of drug-likeness (QED) is 0.0907. The average Bonchev–Trinajstić information content (AvgIpc) is 4.10. The molecule has 4 heterocycles. The number of rotatable bonds is 8. The molecule has 0 aliphatic heterocycles. The van der Waals surface area contributed by atoms with Crippen LogP contribution in [0.5, 0.6) is 0 Å². The molecule has 0 aliphatic rings. The summed E-state index contributed by atoms with van der Waals surface area (Å²) in [5, 5.41) is 18.8. The lowest BCUT2D eigenvalue weighted by atomic mass is 10.0. The van der Waals surface area contributed by atoms with Crippen molar-refractivity contribution in [1.29, 1.82) is 0 Å². The van der Waals surface area contributed by atoms with Gasteiger partial charge in [0.25, 0.3) is 0 Å². The molecular formula is C48H34N8O2. The second-order valence-electron chi connectivity index (χ2n) is 14.6. The number of imidazole rings is 4. The van der Waals surface area contributed by atoms with Gasteiger partial charge >= 0.3 is 0 Å². The maximum Gasteiger partial charge on any atom is 0.138 e. The summed E-state index contributed by atoms with van der Waals surface area (Å²) in [7, 11) is 0. The van der Waals surface area contributed by atoms with Gasteiger partial charge in [0.05, 0.1) is 57.3 Å². The summed E-state index contributed by atoms with van der Waals surface area (Å²) in [6.07, 6.45) is 0. The molecule has 7 aromatic carbocycles. The smallest absolute Gasteiger partial charge is 0.138 e. The van der Waals surface area contributed by atoms with Crippen LogP contribution < -0.4 is 0 Å². The van der Waals surface area contributed by atoms with Crippen LogP contribution in [0.4, 0.5) is 0 Å². The molecule has 58 heavy (non-hydrogen) atoms. The van der Waals surface area contributed by atoms with Gasteiger partial charge in [-0.2, -0.15) is 0 Å². The number of aliphatic hydroxyl groups is 2. The average molecular weight is 755 g/mol. The van der Waals surface area contributed by atoms with E-state index in [9.17, 15) is 10.2 Å². The van der Waals surface area contributed by atoms with Crippen LogP contribution in [-0.2, 0) is 13.2 Å². The summed E-state index contributed by atoms with van der Waals surface area (Å²) in [4.78, 5) is 33.5. The highest BCUT2D eigenvalue weighted by Crippen LogP contribution is 2.32. The maximum atomic E-state index is 9.39. The number of H-pyrrole nitrogens is 4. The van der Waals surface area contributed by atoms with Crippen LogP contribution in [-0.4, -0.2) is 50.1 Å². The minimum absolute atomic E-state index is 0.0175. The number of aliphatic hydroxyl groups excluding tert-OH is 2. The van der Waals surface area contributed by atoms with Gasteiger partial charge in [-0.3, -0.25) is 0 Å². The first-order valence-corrected chi connectivity index (χ1v) is 19.0. The highest BCUT2D eigenvalue weighted by molar-refractivity contribution is 5.90. The third-order valence-electron chi connectivity index (χ3n) is 10.9. The first-order valence-electron chi connectivity index (χ1n) is 19.0. The molecule has 10 nitrogen and oxygen atoms in total. The zero-order valence-corrected chi connectivity index (χ0v) is 31.0. The molecule has 0 unspecified atom stereocenters. The summed E-state index contributed by atoms with van der Waals surface area (Å²) in [5.74, 6) is 3.19. The van der Waals surface area contributed by atoms with E-state index in [4.69, 9.17) is 19.9 Å². The Bertz CT molecular complexity index is 3080.